The first-order valence-corrected chi connectivity index (χ1v) is 5.21. The predicted molar refractivity (Wildman–Crippen MR) is 57.0 cm³/mol. The molecule has 0 saturated heterocycles. The molecule has 1 fully saturated rings. The molecule has 0 unspecified atom stereocenters. The topological polar surface area (TPSA) is 0 Å². The van der Waals surface area contributed by atoms with Crippen LogP contribution in [0.4, 0.5) is 0 Å². The minimum Gasteiger partial charge on any atom is -0.0843 e. The Morgan fingerprint density at radius 1 is 1.38 bits per heavy atom. The summed E-state index contributed by atoms with van der Waals surface area (Å²) < 4.78 is 0. The normalized spacial score (nSPS) is 19.5. The SMILES string of the molecule is C[CH]C1(c2cccc(Cl)c2)CCC1. The maximum Gasteiger partial charge on any atom is 0.0408 e. The average Bonchev–Trinajstić information content (AvgIpc) is 2.03. The molecule has 1 aliphatic rings. The zero-order valence-corrected chi connectivity index (χ0v) is 8.64. The van der Waals surface area contributed by atoms with E-state index in [9.17, 15) is 0 Å². The van der Waals surface area contributed by atoms with Gasteiger partial charge in [-0.3, -0.25) is 0 Å². The summed E-state index contributed by atoms with van der Waals surface area (Å²) in [7, 11) is 0. The van der Waals surface area contributed by atoms with E-state index in [-0.39, 0.29) is 0 Å². The van der Waals surface area contributed by atoms with Gasteiger partial charge >= 0.3 is 0 Å². The maximum atomic E-state index is 5.98. The van der Waals surface area contributed by atoms with Gasteiger partial charge in [-0.15, -0.1) is 0 Å². The molecule has 69 valence electrons. The summed E-state index contributed by atoms with van der Waals surface area (Å²) in [4.78, 5) is 0. The molecule has 0 spiro atoms. The molecule has 0 bridgehead atoms. The van der Waals surface area contributed by atoms with Gasteiger partial charge in [-0.2, -0.15) is 0 Å². The van der Waals surface area contributed by atoms with Crippen LogP contribution < -0.4 is 0 Å². The van der Waals surface area contributed by atoms with Crippen LogP contribution in [0.25, 0.3) is 0 Å². The van der Waals surface area contributed by atoms with Gasteiger partial charge in [0.1, 0.15) is 0 Å². The van der Waals surface area contributed by atoms with E-state index < -0.39 is 0 Å². The lowest BCUT2D eigenvalue weighted by Crippen LogP contribution is -2.33. The quantitative estimate of drug-likeness (QED) is 0.667. The molecule has 1 heteroatoms. The van der Waals surface area contributed by atoms with Crippen LogP contribution in [0.1, 0.15) is 31.7 Å². The summed E-state index contributed by atoms with van der Waals surface area (Å²) in [5.41, 5.74) is 1.72. The molecule has 0 atom stereocenters. The molecule has 2 rings (SSSR count). The Bertz CT molecular complexity index is 294. The van der Waals surface area contributed by atoms with Crippen LogP contribution in [-0.4, -0.2) is 0 Å². The summed E-state index contributed by atoms with van der Waals surface area (Å²) in [5, 5.41) is 0.852. The first kappa shape index (κ1) is 9.08. The van der Waals surface area contributed by atoms with Gasteiger partial charge in [0.15, 0.2) is 0 Å². The van der Waals surface area contributed by atoms with Crippen molar-refractivity contribution in [1.82, 2.24) is 0 Å². The maximum absolute atomic E-state index is 5.98. The van der Waals surface area contributed by atoms with Crippen molar-refractivity contribution in [2.45, 2.75) is 31.6 Å². The van der Waals surface area contributed by atoms with Gasteiger partial charge in [-0.05, 0) is 42.4 Å². The molecule has 0 N–H and O–H groups in total. The second-order valence-corrected chi connectivity index (χ2v) is 4.25. The minimum atomic E-state index is 0.338. The van der Waals surface area contributed by atoms with Crippen LogP contribution in [0.3, 0.4) is 0 Å². The molecule has 0 amide bonds. The van der Waals surface area contributed by atoms with Gasteiger partial charge in [0, 0.05) is 5.02 Å². The lowest BCUT2D eigenvalue weighted by Gasteiger charge is -2.41. The third-order valence-corrected chi connectivity index (χ3v) is 3.43. The fourth-order valence-corrected chi connectivity index (χ4v) is 2.29. The van der Waals surface area contributed by atoms with Gasteiger partial charge in [-0.1, -0.05) is 37.1 Å². The third kappa shape index (κ3) is 1.48. The second kappa shape index (κ2) is 3.34. The Balaban J connectivity index is 2.33. The molecular formula is C12H14Cl. The zero-order chi connectivity index (χ0) is 9.31. The molecule has 0 heterocycles. The molecule has 13 heavy (non-hydrogen) atoms. The lowest BCUT2D eigenvalue weighted by molar-refractivity contribution is 0.289. The molecule has 1 aromatic rings. The summed E-state index contributed by atoms with van der Waals surface area (Å²) in [6.45, 7) is 2.15. The van der Waals surface area contributed by atoms with E-state index >= 15 is 0 Å². The standard InChI is InChI=1S/C12H14Cl/c1-2-12(7-4-8-12)10-5-3-6-11(13)9-10/h2-3,5-6,9H,4,7-8H2,1H3. The van der Waals surface area contributed by atoms with Crippen molar-refractivity contribution in [3.8, 4) is 0 Å². The van der Waals surface area contributed by atoms with E-state index in [2.05, 4.69) is 25.5 Å². The van der Waals surface area contributed by atoms with Gasteiger partial charge < -0.3 is 0 Å². The fourth-order valence-electron chi connectivity index (χ4n) is 2.10. The van der Waals surface area contributed by atoms with Crippen molar-refractivity contribution in [2.75, 3.05) is 0 Å². The summed E-state index contributed by atoms with van der Waals surface area (Å²) in [6.07, 6.45) is 6.23. The number of halogens is 1. The highest BCUT2D eigenvalue weighted by Crippen LogP contribution is 2.46. The van der Waals surface area contributed by atoms with Crippen molar-refractivity contribution in [3.05, 3.63) is 41.3 Å². The number of hydrogen-bond acceptors (Lipinski definition) is 0. The largest absolute Gasteiger partial charge is 0.0843 e. The van der Waals surface area contributed by atoms with E-state index in [1.165, 1.54) is 24.8 Å². The molecule has 1 aliphatic carbocycles. The Hall–Kier alpha value is -0.490. The van der Waals surface area contributed by atoms with E-state index in [1.54, 1.807) is 0 Å². The van der Waals surface area contributed by atoms with Gasteiger partial charge in [0.2, 0.25) is 0 Å². The summed E-state index contributed by atoms with van der Waals surface area (Å²) in [6, 6.07) is 8.26. The van der Waals surface area contributed by atoms with Crippen LogP contribution in [0, 0.1) is 6.42 Å². The van der Waals surface area contributed by atoms with E-state index in [0.29, 0.717) is 5.41 Å². The summed E-state index contributed by atoms with van der Waals surface area (Å²) >= 11 is 5.98. The zero-order valence-electron chi connectivity index (χ0n) is 7.89. The first-order valence-electron chi connectivity index (χ1n) is 4.83. The van der Waals surface area contributed by atoms with Crippen LogP contribution in [0.5, 0.6) is 0 Å². The van der Waals surface area contributed by atoms with Crippen molar-refractivity contribution in [3.63, 3.8) is 0 Å². The van der Waals surface area contributed by atoms with Gasteiger partial charge in [-0.25, -0.2) is 0 Å². The highest BCUT2D eigenvalue weighted by molar-refractivity contribution is 6.30. The van der Waals surface area contributed by atoms with Crippen molar-refractivity contribution in [1.29, 1.82) is 0 Å². The number of hydrogen-bond donors (Lipinski definition) is 0. The first-order chi connectivity index (χ1) is 6.27. The molecular weight excluding hydrogens is 180 g/mol. The molecule has 0 aromatic heterocycles. The van der Waals surface area contributed by atoms with E-state index in [1.807, 2.05) is 12.1 Å². The number of benzene rings is 1. The Labute approximate surface area is 84.9 Å². The third-order valence-electron chi connectivity index (χ3n) is 3.20. The van der Waals surface area contributed by atoms with Crippen molar-refractivity contribution >= 4 is 11.6 Å². The average molecular weight is 194 g/mol. The van der Waals surface area contributed by atoms with Crippen LogP contribution in [0.2, 0.25) is 5.02 Å². The van der Waals surface area contributed by atoms with Gasteiger partial charge in [0.25, 0.3) is 0 Å². The minimum absolute atomic E-state index is 0.338. The number of rotatable bonds is 2. The predicted octanol–water partition coefficient (Wildman–Crippen LogP) is 3.99. The van der Waals surface area contributed by atoms with Crippen molar-refractivity contribution < 1.29 is 0 Å². The van der Waals surface area contributed by atoms with Crippen LogP contribution in [-0.2, 0) is 5.41 Å². The van der Waals surface area contributed by atoms with E-state index in [4.69, 9.17) is 11.6 Å². The highest BCUT2D eigenvalue weighted by atomic mass is 35.5. The molecule has 1 radical (unpaired) electrons. The van der Waals surface area contributed by atoms with Crippen molar-refractivity contribution in [2.24, 2.45) is 0 Å². The molecule has 0 nitrogen and oxygen atoms in total. The second-order valence-electron chi connectivity index (χ2n) is 3.81. The molecule has 1 aromatic carbocycles. The van der Waals surface area contributed by atoms with Crippen LogP contribution >= 0.6 is 11.6 Å². The summed E-state index contributed by atoms with van der Waals surface area (Å²) in [5.74, 6) is 0. The van der Waals surface area contributed by atoms with E-state index in [0.717, 1.165) is 5.02 Å². The fraction of sp³-hybridized carbons (Fsp3) is 0.417. The van der Waals surface area contributed by atoms with Gasteiger partial charge in [0.05, 0.1) is 0 Å². The highest BCUT2D eigenvalue weighted by Gasteiger charge is 2.36. The Morgan fingerprint density at radius 3 is 2.62 bits per heavy atom. The lowest BCUT2D eigenvalue weighted by atomic mass is 9.63. The monoisotopic (exact) mass is 193 g/mol. The smallest absolute Gasteiger partial charge is 0.0408 e. The Kier molecular flexibility index (Phi) is 2.33. The molecule has 1 saturated carbocycles. The Morgan fingerprint density at radius 2 is 2.15 bits per heavy atom. The molecule has 0 aliphatic heterocycles. The van der Waals surface area contributed by atoms with Crippen LogP contribution in [0.15, 0.2) is 24.3 Å².